The molecule has 0 unspecified atom stereocenters. The monoisotopic (exact) mass is 329 g/mol. The number of aryl methyl sites for hydroxylation is 1. The first-order valence-corrected chi connectivity index (χ1v) is 8.26. The molecule has 0 spiro atoms. The Balaban J connectivity index is 1.69. The van der Waals surface area contributed by atoms with Gasteiger partial charge in [-0.05, 0) is 31.4 Å². The Morgan fingerprint density at radius 1 is 1.33 bits per heavy atom. The molecular formula is C17H20FN5O. The lowest BCUT2D eigenvalue weighted by Crippen LogP contribution is -2.46. The number of hydrogen-bond donors (Lipinski definition) is 1. The molecular weight excluding hydrogens is 309 g/mol. The van der Waals surface area contributed by atoms with Crippen molar-refractivity contribution < 1.29 is 9.18 Å². The molecule has 1 aromatic heterocycles. The van der Waals surface area contributed by atoms with Crippen molar-refractivity contribution in [2.24, 2.45) is 13.0 Å². The summed E-state index contributed by atoms with van der Waals surface area (Å²) in [6.45, 7) is 3.23. The highest BCUT2D eigenvalue weighted by molar-refractivity contribution is 5.83. The van der Waals surface area contributed by atoms with Crippen molar-refractivity contribution in [1.82, 2.24) is 20.1 Å². The Hall–Kier alpha value is -2.44. The van der Waals surface area contributed by atoms with Crippen LogP contribution in [0.3, 0.4) is 0 Å². The van der Waals surface area contributed by atoms with Gasteiger partial charge in [0.1, 0.15) is 5.82 Å². The number of anilines is 1. The molecule has 2 saturated heterocycles. The zero-order valence-corrected chi connectivity index (χ0v) is 13.8. The topological polar surface area (TPSA) is 63.1 Å². The Morgan fingerprint density at radius 2 is 2.17 bits per heavy atom. The van der Waals surface area contributed by atoms with E-state index in [1.165, 1.54) is 6.07 Å². The number of piperidine rings is 1. The number of nitrogens with zero attached hydrogens (tertiary/aromatic N) is 4. The number of aromatic nitrogens is 3. The number of nitrogens with one attached hydrogen (secondary N) is 1. The van der Waals surface area contributed by atoms with E-state index in [4.69, 9.17) is 0 Å². The van der Waals surface area contributed by atoms with Crippen molar-refractivity contribution in [2.75, 3.05) is 18.0 Å². The molecule has 4 rings (SSSR count). The van der Waals surface area contributed by atoms with Crippen LogP contribution < -0.4 is 10.2 Å². The zero-order chi connectivity index (χ0) is 16.8. The van der Waals surface area contributed by atoms with Gasteiger partial charge in [0.15, 0.2) is 5.82 Å². The van der Waals surface area contributed by atoms with Crippen molar-refractivity contribution in [3.63, 3.8) is 0 Å². The number of hydrogen-bond acceptors (Lipinski definition) is 4. The van der Waals surface area contributed by atoms with Crippen LogP contribution in [0.15, 0.2) is 18.2 Å². The Bertz CT molecular complexity index is 802. The van der Waals surface area contributed by atoms with Gasteiger partial charge in [-0.2, -0.15) is 0 Å². The van der Waals surface area contributed by atoms with Crippen LogP contribution in [-0.2, 0) is 11.8 Å². The van der Waals surface area contributed by atoms with Gasteiger partial charge in [0.25, 0.3) is 0 Å². The number of benzene rings is 1. The summed E-state index contributed by atoms with van der Waals surface area (Å²) in [6.07, 6.45) is 1.87. The number of carbonyl (C=O) groups excluding carboxylic acids is 1. The van der Waals surface area contributed by atoms with Crippen LogP contribution in [0.1, 0.15) is 18.4 Å². The maximum absolute atomic E-state index is 13.9. The molecule has 0 radical (unpaired) electrons. The maximum atomic E-state index is 13.9. The highest BCUT2D eigenvalue weighted by Crippen LogP contribution is 2.32. The van der Waals surface area contributed by atoms with Gasteiger partial charge in [-0.1, -0.05) is 12.1 Å². The fourth-order valence-corrected chi connectivity index (χ4v) is 3.75. The van der Waals surface area contributed by atoms with Gasteiger partial charge in [0.05, 0.1) is 12.0 Å². The molecule has 2 aliphatic heterocycles. The van der Waals surface area contributed by atoms with Crippen molar-refractivity contribution >= 4 is 11.9 Å². The molecule has 0 bridgehead atoms. The normalized spacial score (nSPS) is 23.3. The average Bonchev–Trinajstić information content (AvgIpc) is 3.14. The molecule has 126 valence electrons. The lowest BCUT2D eigenvalue weighted by atomic mass is 9.92. The number of fused-ring (bicyclic) bond motifs is 1. The predicted octanol–water partition coefficient (Wildman–Crippen LogP) is 1.64. The van der Waals surface area contributed by atoms with E-state index in [1.54, 1.807) is 13.0 Å². The quantitative estimate of drug-likeness (QED) is 0.910. The number of carbonyl (C=O) groups is 1. The molecule has 7 heteroatoms. The first kappa shape index (κ1) is 15.1. The second kappa shape index (κ2) is 5.58. The zero-order valence-electron chi connectivity index (χ0n) is 13.8. The molecule has 2 fully saturated rings. The van der Waals surface area contributed by atoms with Crippen molar-refractivity contribution in [3.8, 4) is 11.4 Å². The fourth-order valence-electron chi connectivity index (χ4n) is 3.75. The SMILES string of the molecule is Cc1ccc(-c2nnc(N3CCC[C@H]4C(=O)NC[C@H]43)n2C)cc1F. The van der Waals surface area contributed by atoms with Crippen LogP contribution in [0, 0.1) is 18.7 Å². The van der Waals surface area contributed by atoms with Crippen LogP contribution in [0.5, 0.6) is 0 Å². The maximum Gasteiger partial charge on any atom is 0.227 e. The van der Waals surface area contributed by atoms with Gasteiger partial charge in [-0.25, -0.2) is 4.39 Å². The lowest BCUT2D eigenvalue weighted by Gasteiger charge is -2.36. The summed E-state index contributed by atoms with van der Waals surface area (Å²) in [5.41, 5.74) is 1.31. The van der Waals surface area contributed by atoms with E-state index in [0.29, 0.717) is 23.5 Å². The molecule has 3 heterocycles. The van der Waals surface area contributed by atoms with Crippen LogP contribution in [0.4, 0.5) is 10.3 Å². The smallest absolute Gasteiger partial charge is 0.227 e. The molecule has 24 heavy (non-hydrogen) atoms. The van der Waals surface area contributed by atoms with Crippen molar-refractivity contribution in [2.45, 2.75) is 25.8 Å². The number of amides is 1. The molecule has 2 aromatic rings. The highest BCUT2D eigenvalue weighted by atomic mass is 19.1. The summed E-state index contributed by atoms with van der Waals surface area (Å²) < 4.78 is 15.7. The minimum absolute atomic E-state index is 0.0238. The predicted molar refractivity (Wildman–Crippen MR) is 88.0 cm³/mol. The largest absolute Gasteiger partial charge is 0.354 e. The van der Waals surface area contributed by atoms with Crippen LogP contribution in [0.25, 0.3) is 11.4 Å². The number of rotatable bonds is 2. The van der Waals surface area contributed by atoms with Crippen LogP contribution in [-0.4, -0.2) is 39.8 Å². The molecule has 1 N–H and O–H groups in total. The van der Waals surface area contributed by atoms with Gasteiger partial charge in [-0.3, -0.25) is 9.36 Å². The molecule has 0 aliphatic carbocycles. The third kappa shape index (κ3) is 2.26. The van der Waals surface area contributed by atoms with E-state index < -0.39 is 0 Å². The van der Waals surface area contributed by atoms with Crippen LogP contribution >= 0.6 is 0 Å². The molecule has 1 amide bonds. The first-order valence-electron chi connectivity index (χ1n) is 8.26. The standard InChI is InChI=1S/C17H20FN5O/c1-10-5-6-11(8-13(10)18)15-20-21-17(22(15)2)23-7-3-4-12-14(23)9-19-16(12)24/h5-6,8,12,14H,3-4,7,9H2,1-2H3,(H,19,24)/t12-,14-/m1/s1. The Labute approximate surface area is 139 Å². The van der Waals surface area contributed by atoms with Gasteiger partial charge in [-0.15, -0.1) is 10.2 Å². The van der Waals surface area contributed by atoms with Gasteiger partial charge < -0.3 is 10.2 Å². The first-order chi connectivity index (χ1) is 11.6. The van der Waals surface area contributed by atoms with E-state index in [1.807, 2.05) is 17.7 Å². The second-order valence-corrected chi connectivity index (χ2v) is 6.60. The summed E-state index contributed by atoms with van der Waals surface area (Å²) in [4.78, 5) is 14.1. The molecule has 2 aliphatic rings. The molecule has 0 saturated carbocycles. The average molecular weight is 329 g/mol. The minimum Gasteiger partial charge on any atom is -0.354 e. The fraction of sp³-hybridized carbons (Fsp3) is 0.471. The molecule has 6 nitrogen and oxygen atoms in total. The third-order valence-corrected chi connectivity index (χ3v) is 5.14. The van der Waals surface area contributed by atoms with E-state index in [9.17, 15) is 9.18 Å². The van der Waals surface area contributed by atoms with Crippen molar-refractivity contribution in [3.05, 3.63) is 29.6 Å². The second-order valence-electron chi connectivity index (χ2n) is 6.60. The lowest BCUT2D eigenvalue weighted by molar-refractivity contribution is -0.123. The van der Waals surface area contributed by atoms with E-state index in [-0.39, 0.29) is 23.7 Å². The van der Waals surface area contributed by atoms with E-state index >= 15 is 0 Å². The summed E-state index contributed by atoms with van der Waals surface area (Å²) in [5, 5.41) is 11.5. The van der Waals surface area contributed by atoms with E-state index in [0.717, 1.165) is 25.3 Å². The van der Waals surface area contributed by atoms with Crippen LogP contribution in [0.2, 0.25) is 0 Å². The van der Waals surface area contributed by atoms with Crippen molar-refractivity contribution in [1.29, 1.82) is 0 Å². The third-order valence-electron chi connectivity index (χ3n) is 5.14. The molecule has 2 atom stereocenters. The minimum atomic E-state index is -0.249. The molecule has 1 aromatic carbocycles. The summed E-state index contributed by atoms with van der Waals surface area (Å²) >= 11 is 0. The van der Waals surface area contributed by atoms with Gasteiger partial charge in [0.2, 0.25) is 11.9 Å². The number of halogens is 1. The summed E-state index contributed by atoms with van der Waals surface area (Å²) in [5.74, 6) is 1.27. The Kier molecular flexibility index (Phi) is 3.51. The van der Waals surface area contributed by atoms with Gasteiger partial charge >= 0.3 is 0 Å². The van der Waals surface area contributed by atoms with Gasteiger partial charge in [0, 0.05) is 25.7 Å². The van der Waals surface area contributed by atoms with E-state index in [2.05, 4.69) is 20.4 Å². The summed E-state index contributed by atoms with van der Waals surface area (Å²) in [6, 6.07) is 5.21. The highest BCUT2D eigenvalue weighted by Gasteiger charge is 2.42. The summed E-state index contributed by atoms with van der Waals surface area (Å²) in [7, 11) is 1.89. The Morgan fingerprint density at radius 3 is 2.96 bits per heavy atom.